The molecular weight excluding hydrogens is 622 g/mol. The number of nitrogens with two attached hydrogens (primary N) is 4. The quantitative estimate of drug-likeness (QED) is 0.0442. The minimum absolute atomic E-state index is 0.0854. The van der Waals surface area contributed by atoms with Gasteiger partial charge in [-0.3, -0.25) is 24.2 Å². The number of aromatic amines is 1. The van der Waals surface area contributed by atoms with E-state index in [9.17, 15) is 19.2 Å². The van der Waals surface area contributed by atoms with Gasteiger partial charge in [-0.1, -0.05) is 80.4 Å². The third-order valence-corrected chi connectivity index (χ3v) is 8.43. The molecule has 4 atom stereocenters. The molecule has 0 fully saturated rings. The Kier molecular flexibility index (Phi) is 13.1. The van der Waals surface area contributed by atoms with Crippen LogP contribution in [-0.4, -0.2) is 65.3 Å². The van der Waals surface area contributed by atoms with Crippen LogP contribution in [0.2, 0.25) is 0 Å². The summed E-state index contributed by atoms with van der Waals surface area (Å²) >= 11 is 0. The van der Waals surface area contributed by atoms with Crippen LogP contribution in [-0.2, 0) is 32.0 Å². The molecule has 0 aliphatic carbocycles. The number of carbonyl (C=O) groups excluding carboxylic acids is 4. The largest absolute Gasteiger partial charge is 0.370 e. The fourth-order valence-electron chi connectivity index (χ4n) is 5.71. The van der Waals surface area contributed by atoms with Crippen LogP contribution in [0.1, 0.15) is 50.2 Å². The first kappa shape index (κ1) is 36.4. The molecule has 0 spiro atoms. The van der Waals surface area contributed by atoms with Crippen LogP contribution in [0, 0.1) is 0 Å². The molecule has 0 bridgehead atoms. The lowest BCUT2D eigenvalue weighted by Crippen LogP contribution is -2.58. The van der Waals surface area contributed by atoms with Crippen molar-refractivity contribution in [1.29, 1.82) is 0 Å². The van der Waals surface area contributed by atoms with Gasteiger partial charge in [0.1, 0.15) is 18.1 Å². The number of benzene rings is 3. The molecule has 13 nitrogen and oxygen atoms in total. The molecule has 4 aromatic rings. The summed E-state index contributed by atoms with van der Waals surface area (Å²) in [5.74, 6) is -2.47. The second-order valence-corrected chi connectivity index (χ2v) is 12.2. The van der Waals surface area contributed by atoms with E-state index in [1.807, 2.05) is 73.7 Å². The summed E-state index contributed by atoms with van der Waals surface area (Å²) in [4.78, 5) is 60.6. The van der Waals surface area contributed by atoms with E-state index >= 15 is 0 Å². The van der Waals surface area contributed by atoms with E-state index in [1.54, 1.807) is 6.20 Å². The Hall–Kier alpha value is -5.43. The molecule has 13 heteroatoms. The molecule has 0 unspecified atom stereocenters. The number of para-hydroxylation sites is 1. The number of fused-ring (bicyclic) bond motifs is 2. The van der Waals surface area contributed by atoms with Crippen LogP contribution in [0.4, 0.5) is 0 Å². The van der Waals surface area contributed by atoms with Crippen molar-refractivity contribution in [3.05, 3.63) is 84.1 Å². The molecule has 0 radical (unpaired) electrons. The molecule has 3 aromatic carbocycles. The number of nitrogens with zero attached hydrogens (tertiary/aromatic N) is 1. The SMILES string of the molecule is CCCC[C@H](N)C(=O)N[C@@H](Cc1ccc2ccccc2c1)C(=O)N[C@H](Cc1c[nH]c2ccccc12)C(=O)N[C@@H](CCCN=C(N)N)C(N)=O. The van der Waals surface area contributed by atoms with Crippen molar-refractivity contribution in [3.63, 3.8) is 0 Å². The van der Waals surface area contributed by atoms with Gasteiger partial charge < -0.3 is 43.9 Å². The van der Waals surface area contributed by atoms with Crippen molar-refractivity contribution in [3.8, 4) is 0 Å². The third kappa shape index (κ3) is 10.5. The first-order valence-corrected chi connectivity index (χ1v) is 16.6. The first-order chi connectivity index (χ1) is 23.5. The Morgan fingerprint density at radius 1 is 0.755 bits per heavy atom. The number of unbranched alkanes of at least 4 members (excludes halogenated alkanes) is 1. The summed E-state index contributed by atoms with van der Waals surface area (Å²) < 4.78 is 0. The maximum atomic E-state index is 14.1. The molecule has 0 aliphatic rings. The first-order valence-electron chi connectivity index (χ1n) is 16.6. The molecule has 12 N–H and O–H groups in total. The summed E-state index contributed by atoms with van der Waals surface area (Å²) in [7, 11) is 0. The highest BCUT2D eigenvalue weighted by molar-refractivity contribution is 5.95. The van der Waals surface area contributed by atoms with Crippen molar-refractivity contribution in [2.24, 2.45) is 27.9 Å². The zero-order valence-electron chi connectivity index (χ0n) is 27.8. The van der Waals surface area contributed by atoms with E-state index in [0.717, 1.165) is 45.6 Å². The topological polar surface area (TPSA) is 237 Å². The molecule has 1 heterocycles. The summed E-state index contributed by atoms with van der Waals surface area (Å²) in [6.45, 7) is 2.25. The van der Waals surface area contributed by atoms with Gasteiger partial charge in [0.2, 0.25) is 23.6 Å². The minimum atomic E-state index is -1.13. The Labute approximate surface area is 285 Å². The smallest absolute Gasteiger partial charge is 0.243 e. The summed E-state index contributed by atoms with van der Waals surface area (Å²) in [6, 6.07) is 17.2. The summed E-state index contributed by atoms with van der Waals surface area (Å²) in [5.41, 5.74) is 25.1. The average Bonchev–Trinajstić information content (AvgIpc) is 3.49. The molecule has 0 saturated carbocycles. The van der Waals surface area contributed by atoms with Crippen molar-refractivity contribution >= 4 is 51.3 Å². The molecule has 260 valence electrons. The highest BCUT2D eigenvalue weighted by Gasteiger charge is 2.31. The fourth-order valence-corrected chi connectivity index (χ4v) is 5.71. The average molecular weight is 670 g/mol. The van der Waals surface area contributed by atoms with Gasteiger partial charge in [0.15, 0.2) is 5.96 Å². The van der Waals surface area contributed by atoms with Gasteiger partial charge in [0, 0.05) is 36.5 Å². The zero-order valence-corrected chi connectivity index (χ0v) is 27.8. The Bertz CT molecular complexity index is 1780. The number of guanidine groups is 1. The number of aliphatic imine (C=N–C) groups is 1. The molecule has 1 aromatic heterocycles. The van der Waals surface area contributed by atoms with E-state index in [4.69, 9.17) is 22.9 Å². The van der Waals surface area contributed by atoms with Crippen LogP contribution in [0.3, 0.4) is 0 Å². The molecular formula is C36H47N9O4. The number of nitrogens with one attached hydrogen (secondary N) is 4. The van der Waals surface area contributed by atoms with E-state index in [0.29, 0.717) is 12.8 Å². The zero-order chi connectivity index (χ0) is 35.3. The monoisotopic (exact) mass is 669 g/mol. The predicted molar refractivity (Wildman–Crippen MR) is 192 cm³/mol. The van der Waals surface area contributed by atoms with Crippen LogP contribution < -0.4 is 38.9 Å². The van der Waals surface area contributed by atoms with Crippen molar-refractivity contribution in [1.82, 2.24) is 20.9 Å². The molecule has 49 heavy (non-hydrogen) atoms. The molecule has 0 aliphatic heterocycles. The van der Waals surface area contributed by atoms with E-state index in [-0.39, 0.29) is 31.8 Å². The number of primary amides is 1. The van der Waals surface area contributed by atoms with E-state index < -0.39 is 47.8 Å². The molecule has 0 saturated heterocycles. The van der Waals surface area contributed by atoms with Gasteiger partial charge in [-0.25, -0.2) is 0 Å². The molecule has 4 rings (SSSR count). The van der Waals surface area contributed by atoms with Gasteiger partial charge in [0.05, 0.1) is 6.04 Å². The number of carbonyl (C=O) groups is 4. The maximum Gasteiger partial charge on any atom is 0.243 e. The van der Waals surface area contributed by atoms with Crippen LogP contribution in [0.5, 0.6) is 0 Å². The number of hydrogen-bond acceptors (Lipinski definition) is 6. The minimum Gasteiger partial charge on any atom is -0.370 e. The van der Waals surface area contributed by atoms with Gasteiger partial charge in [-0.15, -0.1) is 0 Å². The van der Waals surface area contributed by atoms with Crippen LogP contribution in [0.15, 0.2) is 77.9 Å². The van der Waals surface area contributed by atoms with Crippen molar-refractivity contribution in [2.45, 2.75) is 76.0 Å². The number of rotatable bonds is 18. The second-order valence-electron chi connectivity index (χ2n) is 12.2. The van der Waals surface area contributed by atoms with E-state index in [1.165, 1.54) is 0 Å². The highest BCUT2D eigenvalue weighted by Crippen LogP contribution is 2.20. The predicted octanol–water partition coefficient (Wildman–Crippen LogP) is 1.62. The van der Waals surface area contributed by atoms with Gasteiger partial charge >= 0.3 is 0 Å². The molecule has 4 amide bonds. The van der Waals surface area contributed by atoms with Gasteiger partial charge in [-0.2, -0.15) is 0 Å². The highest BCUT2D eigenvalue weighted by atomic mass is 16.2. The second kappa shape index (κ2) is 17.6. The number of hydrogen-bond donors (Lipinski definition) is 8. The Morgan fingerprint density at radius 2 is 1.41 bits per heavy atom. The Balaban J connectivity index is 1.61. The number of H-pyrrole nitrogens is 1. The lowest BCUT2D eigenvalue weighted by molar-refractivity contribution is -0.133. The van der Waals surface area contributed by atoms with Crippen molar-refractivity contribution in [2.75, 3.05) is 6.54 Å². The lowest BCUT2D eigenvalue weighted by atomic mass is 9.99. The number of amides is 4. The van der Waals surface area contributed by atoms with Crippen molar-refractivity contribution < 1.29 is 19.2 Å². The fraction of sp³-hybridized carbons (Fsp3) is 0.361. The summed E-state index contributed by atoms with van der Waals surface area (Å²) in [6.07, 6.45) is 4.68. The normalized spacial score (nSPS) is 13.6. The van der Waals surface area contributed by atoms with Gasteiger partial charge in [-0.05, 0) is 47.2 Å². The third-order valence-electron chi connectivity index (χ3n) is 8.43. The summed E-state index contributed by atoms with van der Waals surface area (Å²) in [5, 5.41) is 11.3. The van der Waals surface area contributed by atoms with Crippen LogP contribution >= 0.6 is 0 Å². The van der Waals surface area contributed by atoms with E-state index in [2.05, 4.69) is 25.9 Å². The standard InChI is InChI=1S/C36H47N9O4/c1-2-3-12-27(37)33(47)44-30(19-22-15-16-23-9-4-5-10-24(23)18-22)34(48)45-31(20-25-21-42-28-13-7-6-11-26(25)28)35(49)43-29(32(38)46)14-8-17-41-36(39)40/h4-7,9-11,13,15-16,18,21,27,29-31,42H,2-3,8,12,14,17,19-20,37H2,1H3,(H2,38,46)(H,43,49)(H,44,47)(H,45,48)(H4,39,40,41)/t27-,29-,30-,31+/m0/s1. The lowest BCUT2D eigenvalue weighted by Gasteiger charge is -2.26. The maximum absolute atomic E-state index is 14.1. The Morgan fingerprint density at radius 3 is 2.12 bits per heavy atom. The number of aromatic nitrogens is 1. The van der Waals surface area contributed by atoms with Crippen LogP contribution in [0.25, 0.3) is 21.7 Å². The van der Waals surface area contributed by atoms with Gasteiger partial charge in [0.25, 0.3) is 0 Å².